The van der Waals surface area contributed by atoms with E-state index in [0.717, 1.165) is 6.54 Å². The Labute approximate surface area is 143 Å². The minimum atomic E-state index is -0.291. The summed E-state index contributed by atoms with van der Waals surface area (Å²) in [5, 5.41) is 0. The summed E-state index contributed by atoms with van der Waals surface area (Å²) >= 11 is 0. The standard InChI is InChI=1S/C17H28N4O3/c1-4-6-21-13-14(12-16(21)23)17(24)20-7-5-15(22)19(10-11-20)9-8-18(2)3/h4,14H,1,5-13H2,2-3H3. The van der Waals surface area contributed by atoms with E-state index < -0.39 is 0 Å². The number of nitrogens with zero attached hydrogens (tertiary/aromatic N) is 4. The Morgan fingerprint density at radius 3 is 2.62 bits per heavy atom. The van der Waals surface area contributed by atoms with Crippen molar-refractivity contribution in [2.75, 3.05) is 59.9 Å². The van der Waals surface area contributed by atoms with E-state index in [2.05, 4.69) is 6.58 Å². The van der Waals surface area contributed by atoms with Crippen molar-refractivity contribution in [3.63, 3.8) is 0 Å². The van der Waals surface area contributed by atoms with Gasteiger partial charge in [0.15, 0.2) is 0 Å². The quantitative estimate of drug-likeness (QED) is 0.622. The fraction of sp³-hybridized carbons (Fsp3) is 0.706. The molecule has 0 N–H and O–H groups in total. The molecule has 0 aromatic heterocycles. The van der Waals surface area contributed by atoms with Crippen molar-refractivity contribution in [3.05, 3.63) is 12.7 Å². The number of hydrogen-bond acceptors (Lipinski definition) is 4. The van der Waals surface area contributed by atoms with Gasteiger partial charge in [0.05, 0.1) is 5.92 Å². The Morgan fingerprint density at radius 1 is 1.21 bits per heavy atom. The lowest BCUT2D eigenvalue weighted by molar-refractivity contribution is -0.135. The number of hydrogen-bond donors (Lipinski definition) is 0. The zero-order chi connectivity index (χ0) is 17.7. The van der Waals surface area contributed by atoms with Crippen LogP contribution in [0, 0.1) is 5.92 Å². The van der Waals surface area contributed by atoms with Crippen molar-refractivity contribution in [1.29, 1.82) is 0 Å². The third-order valence-electron chi connectivity index (χ3n) is 4.63. The first-order valence-electron chi connectivity index (χ1n) is 8.52. The van der Waals surface area contributed by atoms with E-state index in [9.17, 15) is 14.4 Å². The lowest BCUT2D eigenvalue weighted by Gasteiger charge is -2.25. The summed E-state index contributed by atoms with van der Waals surface area (Å²) < 4.78 is 0. The summed E-state index contributed by atoms with van der Waals surface area (Å²) in [6.07, 6.45) is 2.30. The van der Waals surface area contributed by atoms with Crippen LogP contribution in [-0.4, -0.2) is 97.2 Å². The highest BCUT2D eigenvalue weighted by Crippen LogP contribution is 2.21. The lowest BCUT2D eigenvalue weighted by Crippen LogP contribution is -2.41. The van der Waals surface area contributed by atoms with E-state index in [0.29, 0.717) is 45.7 Å². The number of likely N-dealkylation sites (N-methyl/N-ethyl adjacent to an activating group) is 1. The van der Waals surface area contributed by atoms with Crippen LogP contribution in [0.4, 0.5) is 0 Å². The Hall–Kier alpha value is -1.89. The molecule has 0 aromatic carbocycles. The zero-order valence-corrected chi connectivity index (χ0v) is 14.7. The predicted octanol–water partition coefficient (Wildman–Crippen LogP) is -0.357. The Bertz CT molecular complexity index is 506. The zero-order valence-electron chi connectivity index (χ0n) is 14.7. The van der Waals surface area contributed by atoms with Gasteiger partial charge >= 0.3 is 0 Å². The summed E-state index contributed by atoms with van der Waals surface area (Å²) in [5.41, 5.74) is 0. The predicted molar refractivity (Wildman–Crippen MR) is 91.2 cm³/mol. The maximum atomic E-state index is 12.7. The van der Waals surface area contributed by atoms with E-state index in [4.69, 9.17) is 0 Å². The van der Waals surface area contributed by atoms with Crippen LogP contribution in [0.3, 0.4) is 0 Å². The van der Waals surface area contributed by atoms with E-state index in [1.807, 2.05) is 23.9 Å². The minimum Gasteiger partial charge on any atom is -0.340 e. The fourth-order valence-electron chi connectivity index (χ4n) is 3.17. The Kier molecular flexibility index (Phi) is 6.36. The number of likely N-dealkylation sites (tertiary alicyclic amines) is 1. The topological polar surface area (TPSA) is 64.2 Å². The number of amides is 3. The molecule has 0 bridgehead atoms. The van der Waals surface area contributed by atoms with Gasteiger partial charge in [-0.3, -0.25) is 14.4 Å². The first kappa shape index (κ1) is 18.4. The molecular formula is C17H28N4O3. The molecule has 0 saturated carbocycles. The van der Waals surface area contributed by atoms with Gasteiger partial charge in [-0.25, -0.2) is 0 Å². The molecule has 134 valence electrons. The van der Waals surface area contributed by atoms with Gasteiger partial charge in [-0.2, -0.15) is 0 Å². The third-order valence-corrected chi connectivity index (χ3v) is 4.63. The van der Waals surface area contributed by atoms with E-state index in [1.165, 1.54) is 0 Å². The SMILES string of the molecule is C=CCN1CC(C(=O)N2CCC(=O)N(CCN(C)C)CC2)CC1=O. The lowest BCUT2D eigenvalue weighted by atomic mass is 10.1. The molecule has 7 nitrogen and oxygen atoms in total. The van der Waals surface area contributed by atoms with Gasteiger partial charge in [-0.15, -0.1) is 6.58 Å². The summed E-state index contributed by atoms with van der Waals surface area (Å²) in [6.45, 7) is 7.64. The molecule has 2 fully saturated rings. The van der Waals surface area contributed by atoms with Crippen LogP contribution in [0.5, 0.6) is 0 Å². The van der Waals surface area contributed by atoms with Crippen LogP contribution in [-0.2, 0) is 14.4 Å². The minimum absolute atomic E-state index is 0.00262. The third kappa shape index (κ3) is 4.56. The molecular weight excluding hydrogens is 308 g/mol. The van der Waals surface area contributed by atoms with Gasteiger partial charge in [0.2, 0.25) is 17.7 Å². The Balaban J connectivity index is 1.91. The van der Waals surface area contributed by atoms with E-state index >= 15 is 0 Å². The first-order valence-corrected chi connectivity index (χ1v) is 8.52. The van der Waals surface area contributed by atoms with Crippen molar-refractivity contribution < 1.29 is 14.4 Å². The molecule has 0 spiro atoms. The van der Waals surface area contributed by atoms with Crippen LogP contribution in [0.25, 0.3) is 0 Å². The van der Waals surface area contributed by atoms with Crippen molar-refractivity contribution in [1.82, 2.24) is 19.6 Å². The van der Waals surface area contributed by atoms with Crippen LogP contribution in [0.1, 0.15) is 12.8 Å². The van der Waals surface area contributed by atoms with E-state index in [-0.39, 0.29) is 30.1 Å². The normalized spacial score (nSPS) is 22.3. The second-order valence-electron chi connectivity index (χ2n) is 6.75. The van der Waals surface area contributed by atoms with Gasteiger partial charge in [-0.1, -0.05) is 6.08 Å². The number of carbonyl (C=O) groups is 3. The molecule has 24 heavy (non-hydrogen) atoms. The molecule has 2 rings (SSSR count). The van der Waals surface area contributed by atoms with Gasteiger partial charge in [-0.05, 0) is 14.1 Å². The number of rotatable bonds is 6. The maximum Gasteiger partial charge on any atom is 0.228 e. The largest absolute Gasteiger partial charge is 0.340 e. The summed E-state index contributed by atoms with van der Waals surface area (Å²) in [4.78, 5) is 44.1. The Morgan fingerprint density at radius 2 is 1.96 bits per heavy atom. The van der Waals surface area contributed by atoms with Crippen molar-refractivity contribution in [2.45, 2.75) is 12.8 Å². The molecule has 0 aromatic rings. The fourth-order valence-corrected chi connectivity index (χ4v) is 3.17. The smallest absolute Gasteiger partial charge is 0.228 e. The molecule has 0 aliphatic carbocycles. The van der Waals surface area contributed by atoms with Gasteiger partial charge in [0.1, 0.15) is 0 Å². The number of carbonyl (C=O) groups excluding carboxylic acids is 3. The van der Waals surface area contributed by atoms with Crippen LogP contribution >= 0.6 is 0 Å². The van der Waals surface area contributed by atoms with Gasteiger partial charge in [0.25, 0.3) is 0 Å². The highest BCUT2D eigenvalue weighted by molar-refractivity contribution is 5.89. The second-order valence-corrected chi connectivity index (χ2v) is 6.75. The highest BCUT2D eigenvalue weighted by Gasteiger charge is 2.36. The molecule has 2 aliphatic rings. The molecule has 0 radical (unpaired) electrons. The summed E-state index contributed by atoms with van der Waals surface area (Å²) in [5.74, 6) is -0.187. The van der Waals surface area contributed by atoms with Crippen LogP contribution < -0.4 is 0 Å². The monoisotopic (exact) mass is 336 g/mol. The van der Waals surface area contributed by atoms with Crippen molar-refractivity contribution >= 4 is 17.7 Å². The average molecular weight is 336 g/mol. The van der Waals surface area contributed by atoms with Crippen LogP contribution in [0.15, 0.2) is 12.7 Å². The summed E-state index contributed by atoms with van der Waals surface area (Å²) in [6, 6.07) is 0. The summed E-state index contributed by atoms with van der Waals surface area (Å²) in [7, 11) is 3.95. The molecule has 2 heterocycles. The van der Waals surface area contributed by atoms with Crippen molar-refractivity contribution in [3.8, 4) is 0 Å². The second kappa shape index (κ2) is 8.28. The average Bonchev–Trinajstić information content (AvgIpc) is 2.79. The molecule has 7 heteroatoms. The molecule has 1 unspecified atom stereocenters. The molecule has 2 aliphatic heterocycles. The van der Waals surface area contributed by atoms with Crippen LogP contribution in [0.2, 0.25) is 0 Å². The molecule has 2 saturated heterocycles. The first-order chi connectivity index (χ1) is 11.4. The van der Waals surface area contributed by atoms with Gasteiger partial charge in [0, 0.05) is 58.7 Å². The van der Waals surface area contributed by atoms with E-state index in [1.54, 1.807) is 15.9 Å². The van der Waals surface area contributed by atoms with Gasteiger partial charge < -0.3 is 19.6 Å². The van der Waals surface area contributed by atoms with Crippen molar-refractivity contribution in [2.24, 2.45) is 5.92 Å². The molecule has 1 atom stereocenters. The maximum absolute atomic E-state index is 12.7. The highest BCUT2D eigenvalue weighted by atomic mass is 16.2. The molecule has 3 amide bonds.